The Morgan fingerprint density at radius 3 is 2.29 bits per heavy atom. The van der Waals surface area contributed by atoms with Gasteiger partial charge in [-0.15, -0.1) is 0 Å². The average Bonchev–Trinajstić information content (AvgIpc) is 2.29. The molecule has 102 valence electrons. The molecule has 0 aromatic rings. The van der Waals surface area contributed by atoms with Gasteiger partial charge in [0.2, 0.25) is 0 Å². The Morgan fingerprint density at radius 2 is 1.65 bits per heavy atom. The predicted molar refractivity (Wildman–Crippen MR) is 74.0 cm³/mol. The van der Waals surface area contributed by atoms with Crippen molar-refractivity contribution in [2.24, 2.45) is 0 Å². The average molecular weight is 242 g/mol. The maximum absolute atomic E-state index is 10.1. The van der Waals surface area contributed by atoms with E-state index >= 15 is 0 Å². The number of hydrogen-bond acceptors (Lipinski definition) is 1. The van der Waals surface area contributed by atoms with Crippen LogP contribution in [0.15, 0.2) is 0 Å². The SMILES string of the molecule is CCCCCCC[N+](C)(C)C1CCCCC1O. The molecular formula is C15H32NO+. The smallest absolute Gasteiger partial charge is 0.115 e. The van der Waals surface area contributed by atoms with Gasteiger partial charge in [-0.3, -0.25) is 0 Å². The topological polar surface area (TPSA) is 20.2 Å². The first-order chi connectivity index (χ1) is 8.08. The molecule has 0 amide bonds. The van der Waals surface area contributed by atoms with Crippen LogP contribution in [0.25, 0.3) is 0 Å². The molecule has 1 aliphatic carbocycles. The van der Waals surface area contributed by atoms with E-state index in [-0.39, 0.29) is 6.10 Å². The lowest BCUT2D eigenvalue weighted by atomic mass is 9.90. The van der Waals surface area contributed by atoms with Crippen molar-refractivity contribution in [2.75, 3.05) is 20.6 Å². The molecule has 2 atom stereocenters. The quantitative estimate of drug-likeness (QED) is 0.536. The van der Waals surface area contributed by atoms with Crippen LogP contribution in [0.5, 0.6) is 0 Å². The van der Waals surface area contributed by atoms with Gasteiger partial charge in [0.1, 0.15) is 12.1 Å². The van der Waals surface area contributed by atoms with Crippen LogP contribution in [0.4, 0.5) is 0 Å². The van der Waals surface area contributed by atoms with Gasteiger partial charge >= 0.3 is 0 Å². The van der Waals surface area contributed by atoms with E-state index in [1.165, 1.54) is 57.9 Å². The van der Waals surface area contributed by atoms with Gasteiger partial charge in [0.05, 0.1) is 20.6 Å². The number of nitrogens with zero attached hydrogens (tertiary/aromatic N) is 1. The largest absolute Gasteiger partial charge is 0.387 e. The summed E-state index contributed by atoms with van der Waals surface area (Å²) in [4.78, 5) is 0. The van der Waals surface area contributed by atoms with Crippen LogP contribution in [-0.4, -0.2) is 42.4 Å². The van der Waals surface area contributed by atoms with Crippen molar-refractivity contribution in [1.82, 2.24) is 0 Å². The Balaban J connectivity index is 2.28. The van der Waals surface area contributed by atoms with Gasteiger partial charge in [-0.25, -0.2) is 0 Å². The summed E-state index contributed by atoms with van der Waals surface area (Å²) in [5.41, 5.74) is 0. The highest BCUT2D eigenvalue weighted by Gasteiger charge is 2.35. The van der Waals surface area contributed by atoms with Gasteiger partial charge in [-0.1, -0.05) is 32.6 Å². The second-order valence-corrected chi connectivity index (χ2v) is 6.34. The van der Waals surface area contributed by atoms with Gasteiger partial charge in [-0.2, -0.15) is 0 Å². The predicted octanol–water partition coefficient (Wildman–Crippen LogP) is 3.34. The number of quaternary nitrogens is 1. The normalized spacial score (nSPS) is 26.1. The minimum Gasteiger partial charge on any atom is -0.387 e. The van der Waals surface area contributed by atoms with Gasteiger partial charge in [0.15, 0.2) is 0 Å². The van der Waals surface area contributed by atoms with Gasteiger partial charge in [-0.05, 0) is 25.7 Å². The molecular weight excluding hydrogens is 210 g/mol. The summed E-state index contributed by atoms with van der Waals surface area (Å²) in [5.74, 6) is 0. The highest BCUT2D eigenvalue weighted by molar-refractivity contribution is 4.75. The zero-order valence-electron chi connectivity index (χ0n) is 12.1. The number of hydrogen-bond donors (Lipinski definition) is 1. The molecule has 1 rings (SSSR count). The van der Waals surface area contributed by atoms with Gasteiger partial charge in [0, 0.05) is 6.42 Å². The van der Waals surface area contributed by atoms with Crippen LogP contribution >= 0.6 is 0 Å². The van der Waals surface area contributed by atoms with E-state index < -0.39 is 0 Å². The molecule has 0 radical (unpaired) electrons. The lowest BCUT2D eigenvalue weighted by Gasteiger charge is -2.42. The van der Waals surface area contributed by atoms with E-state index in [0.717, 1.165) is 10.9 Å². The van der Waals surface area contributed by atoms with Crippen molar-refractivity contribution in [2.45, 2.75) is 76.9 Å². The van der Waals surface area contributed by atoms with Crippen LogP contribution in [0.3, 0.4) is 0 Å². The first-order valence-electron chi connectivity index (χ1n) is 7.58. The molecule has 1 saturated carbocycles. The molecule has 1 aliphatic rings. The van der Waals surface area contributed by atoms with Crippen molar-refractivity contribution in [3.8, 4) is 0 Å². The number of unbranched alkanes of at least 4 members (excludes halogenated alkanes) is 4. The molecule has 0 aromatic carbocycles. The van der Waals surface area contributed by atoms with Crippen LogP contribution in [0.2, 0.25) is 0 Å². The third-order valence-corrected chi connectivity index (χ3v) is 4.43. The Bertz CT molecular complexity index is 203. The molecule has 0 spiro atoms. The van der Waals surface area contributed by atoms with E-state index in [2.05, 4.69) is 21.0 Å². The minimum absolute atomic E-state index is 0.0607. The Hall–Kier alpha value is -0.0800. The molecule has 0 aromatic heterocycles. The van der Waals surface area contributed by atoms with Crippen molar-refractivity contribution < 1.29 is 9.59 Å². The highest BCUT2D eigenvalue weighted by Crippen LogP contribution is 2.26. The summed E-state index contributed by atoms with van der Waals surface area (Å²) in [6.07, 6.45) is 11.4. The number of aliphatic hydroxyl groups excluding tert-OH is 1. The van der Waals surface area contributed by atoms with E-state index in [4.69, 9.17) is 0 Å². The summed E-state index contributed by atoms with van der Waals surface area (Å²) in [6, 6.07) is 0.481. The fraction of sp³-hybridized carbons (Fsp3) is 1.00. The number of aliphatic hydroxyl groups is 1. The molecule has 0 heterocycles. The fourth-order valence-electron chi connectivity index (χ4n) is 3.20. The second-order valence-electron chi connectivity index (χ2n) is 6.34. The summed E-state index contributed by atoms with van der Waals surface area (Å²) >= 11 is 0. The molecule has 1 fully saturated rings. The Morgan fingerprint density at radius 1 is 1.00 bits per heavy atom. The van der Waals surface area contributed by atoms with Crippen LogP contribution in [0.1, 0.15) is 64.7 Å². The molecule has 0 bridgehead atoms. The Kier molecular flexibility index (Phi) is 6.50. The third-order valence-electron chi connectivity index (χ3n) is 4.43. The number of likely N-dealkylation sites (N-methyl/N-ethyl adjacent to an activating group) is 1. The minimum atomic E-state index is -0.0607. The molecule has 2 unspecified atom stereocenters. The molecule has 17 heavy (non-hydrogen) atoms. The van der Waals surface area contributed by atoms with Crippen molar-refractivity contribution in [3.63, 3.8) is 0 Å². The van der Waals surface area contributed by atoms with E-state index in [9.17, 15) is 5.11 Å². The monoisotopic (exact) mass is 242 g/mol. The summed E-state index contributed by atoms with van der Waals surface area (Å²) in [5, 5.41) is 10.1. The van der Waals surface area contributed by atoms with Crippen LogP contribution < -0.4 is 0 Å². The van der Waals surface area contributed by atoms with Crippen LogP contribution in [-0.2, 0) is 0 Å². The number of rotatable bonds is 7. The first-order valence-corrected chi connectivity index (χ1v) is 7.58. The zero-order chi connectivity index (χ0) is 12.7. The second kappa shape index (κ2) is 7.38. The van der Waals surface area contributed by atoms with E-state index in [1.807, 2.05) is 0 Å². The zero-order valence-corrected chi connectivity index (χ0v) is 12.1. The van der Waals surface area contributed by atoms with E-state index in [0.29, 0.717) is 6.04 Å². The maximum Gasteiger partial charge on any atom is 0.115 e. The molecule has 1 N–H and O–H groups in total. The van der Waals surface area contributed by atoms with Gasteiger partial charge in [0.25, 0.3) is 0 Å². The summed E-state index contributed by atoms with van der Waals surface area (Å²) in [7, 11) is 4.61. The van der Waals surface area contributed by atoms with Gasteiger partial charge < -0.3 is 9.59 Å². The summed E-state index contributed by atoms with van der Waals surface area (Å²) < 4.78 is 1.02. The van der Waals surface area contributed by atoms with Crippen molar-refractivity contribution in [1.29, 1.82) is 0 Å². The third kappa shape index (κ3) is 4.97. The summed E-state index contributed by atoms with van der Waals surface area (Å²) in [6.45, 7) is 3.49. The molecule has 0 saturated heterocycles. The van der Waals surface area contributed by atoms with Crippen molar-refractivity contribution >= 4 is 0 Å². The lowest BCUT2D eigenvalue weighted by molar-refractivity contribution is -0.920. The van der Waals surface area contributed by atoms with E-state index in [1.54, 1.807) is 0 Å². The standard InChI is InChI=1S/C15H32NO/c1-4-5-6-7-10-13-16(2,3)14-11-8-9-12-15(14)17/h14-15,17H,4-13H2,1-3H3/q+1. The van der Waals surface area contributed by atoms with Crippen LogP contribution in [0, 0.1) is 0 Å². The lowest BCUT2D eigenvalue weighted by Crippen LogP contribution is -2.56. The molecule has 2 nitrogen and oxygen atoms in total. The van der Waals surface area contributed by atoms with Crippen molar-refractivity contribution in [3.05, 3.63) is 0 Å². The molecule has 0 aliphatic heterocycles. The Labute approximate surface area is 108 Å². The fourth-order valence-corrected chi connectivity index (χ4v) is 3.20. The first kappa shape index (κ1) is 15.0. The highest BCUT2D eigenvalue weighted by atomic mass is 16.3. The maximum atomic E-state index is 10.1. The molecule has 2 heteroatoms.